The third-order valence-corrected chi connectivity index (χ3v) is 4.41. The Morgan fingerprint density at radius 3 is 2.68 bits per heavy atom. The second-order valence-electron chi connectivity index (χ2n) is 6.70. The Balaban J connectivity index is 1.77. The van der Waals surface area contributed by atoms with Crippen molar-refractivity contribution in [3.05, 3.63) is 71.3 Å². The van der Waals surface area contributed by atoms with Crippen molar-refractivity contribution in [1.82, 2.24) is 0 Å². The first-order valence-corrected chi connectivity index (χ1v) is 9.22. The van der Waals surface area contributed by atoms with Crippen molar-refractivity contribution in [2.24, 2.45) is 0 Å². The van der Waals surface area contributed by atoms with Gasteiger partial charge in [0, 0.05) is 23.3 Å². The molecule has 2 aromatic carbocycles. The molecule has 2 amide bonds. The average molecular weight is 397 g/mol. The third-order valence-electron chi connectivity index (χ3n) is 4.16. The zero-order chi connectivity index (χ0) is 20.3. The van der Waals surface area contributed by atoms with Gasteiger partial charge in [0.15, 0.2) is 6.10 Å². The summed E-state index contributed by atoms with van der Waals surface area (Å²) in [6, 6.07) is 12.4. The first-order valence-electron chi connectivity index (χ1n) is 8.84. The highest BCUT2D eigenvalue weighted by Crippen LogP contribution is 2.36. The maximum Gasteiger partial charge on any atom is 0.268 e. The van der Waals surface area contributed by atoms with E-state index in [4.69, 9.17) is 16.3 Å². The summed E-state index contributed by atoms with van der Waals surface area (Å²) >= 11 is 5.86. The Morgan fingerprint density at radius 2 is 2.00 bits per heavy atom. The van der Waals surface area contributed by atoms with Gasteiger partial charge in [-0.05, 0) is 55.8 Å². The van der Waals surface area contributed by atoms with E-state index in [2.05, 4.69) is 11.9 Å². The Labute approximate surface area is 169 Å². The standard InChI is InChI=1S/C22H21ClN2O3/c1-14(2)13-25-19-12-18(9-10-20(19)28-15(3)22(25)27)24-21(26)11-6-16-4-7-17(23)8-5-16/h4-12,15H,1,13H2,2-3H3,(H,24,26)/b11-6+. The molecule has 0 aromatic heterocycles. The van der Waals surface area contributed by atoms with Crippen molar-refractivity contribution in [1.29, 1.82) is 0 Å². The van der Waals surface area contributed by atoms with Crippen LogP contribution >= 0.6 is 11.6 Å². The van der Waals surface area contributed by atoms with Gasteiger partial charge >= 0.3 is 0 Å². The van der Waals surface area contributed by atoms with Crippen LogP contribution in [0.4, 0.5) is 11.4 Å². The molecule has 0 saturated heterocycles. The van der Waals surface area contributed by atoms with E-state index in [-0.39, 0.29) is 11.8 Å². The average Bonchev–Trinajstić information content (AvgIpc) is 2.65. The lowest BCUT2D eigenvalue weighted by molar-refractivity contribution is -0.125. The number of hydrogen-bond acceptors (Lipinski definition) is 3. The number of carbonyl (C=O) groups excluding carboxylic acids is 2. The zero-order valence-corrected chi connectivity index (χ0v) is 16.5. The van der Waals surface area contributed by atoms with E-state index in [1.807, 2.05) is 19.1 Å². The van der Waals surface area contributed by atoms with Crippen LogP contribution in [0.3, 0.4) is 0 Å². The monoisotopic (exact) mass is 396 g/mol. The molecule has 0 saturated carbocycles. The molecule has 28 heavy (non-hydrogen) atoms. The summed E-state index contributed by atoms with van der Waals surface area (Å²) in [5, 5.41) is 3.45. The van der Waals surface area contributed by atoms with Gasteiger partial charge in [0.25, 0.3) is 5.91 Å². The van der Waals surface area contributed by atoms with Crippen LogP contribution in [0.5, 0.6) is 5.75 Å². The van der Waals surface area contributed by atoms with E-state index in [1.165, 1.54) is 6.08 Å². The van der Waals surface area contributed by atoms with E-state index in [1.54, 1.807) is 48.2 Å². The second-order valence-corrected chi connectivity index (χ2v) is 7.13. The molecule has 1 N–H and O–H groups in total. The van der Waals surface area contributed by atoms with Crippen LogP contribution in [-0.4, -0.2) is 24.5 Å². The van der Waals surface area contributed by atoms with Crippen molar-refractivity contribution >= 4 is 40.9 Å². The number of benzene rings is 2. The fraction of sp³-hybridized carbons (Fsp3) is 0.182. The molecule has 1 heterocycles. The van der Waals surface area contributed by atoms with Gasteiger partial charge in [-0.25, -0.2) is 0 Å². The predicted octanol–water partition coefficient (Wildman–Crippen LogP) is 4.68. The van der Waals surface area contributed by atoms with E-state index >= 15 is 0 Å². The number of carbonyl (C=O) groups is 2. The van der Waals surface area contributed by atoms with Crippen LogP contribution in [0, 0.1) is 0 Å². The number of hydrogen-bond donors (Lipinski definition) is 1. The summed E-state index contributed by atoms with van der Waals surface area (Å²) < 4.78 is 5.67. The minimum Gasteiger partial charge on any atom is -0.479 e. The topological polar surface area (TPSA) is 58.6 Å². The molecule has 6 heteroatoms. The normalized spacial score (nSPS) is 15.9. The van der Waals surface area contributed by atoms with E-state index in [0.717, 1.165) is 11.1 Å². The highest BCUT2D eigenvalue weighted by molar-refractivity contribution is 6.30. The van der Waals surface area contributed by atoms with Gasteiger partial charge in [-0.2, -0.15) is 0 Å². The first-order chi connectivity index (χ1) is 13.3. The molecule has 144 valence electrons. The summed E-state index contributed by atoms with van der Waals surface area (Å²) in [6.07, 6.45) is 2.58. The van der Waals surface area contributed by atoms with Crippen molar-refractivity contribution in [3.63, 3.8) is 0 Å². The lowest BCUT2D eigenvalue weighted by Crippen LogP contribution is -2.45. The summed E-state index contributed by atoms with van der Waals surface area (Å²) in [5.41, 5.74) is 2.91. The van der Waals surface area contributed by atoms with Crippen molar-refractivity contribution in [2.75, 3.05) is 16.8 Å². The van der Waals surface area contributed by atoms with Crippen LogP contribution in [-0.2, 0) is 9.59 Å². The number of amides is 2. The SMILES string of the molecule is C=C(C)CN1C(=O)C(C)Oc2ccc(NC(=O)/C=C/c3ccc(Cl)cc3)cc21. The Morgan fingerprint density at radius 1 is 1.29 bits per heavy atom. The van der Waals surface area contributed by atoms with Crippen LogP contribution in [0.1, 0.15) is 19.4 Å². The summed E-state index contributed by atoms with van der Waals surface area (Å²) in [7, 11) is 0. The first kappa shape index (κ1) is 19.7. The number of fused-ring (bicyclic) bond motifs is 1. The van der Waals surface area contributed by atoms with E-state index in [9.17, 15) is 9.59 Å². The van der Waals surface area contributed by atoms with Crippen molar-refractivity contribution in [3.8, 4) is 5.75 Å². The molecule has 0 aliphatic carbocycles. The van der Waals surface area contributed by atoms with Gasteiger partial charge < -0.3 is 15.0 Å². The molecule has 0 bridgehead atoms. The highest BCUT2D eigenvalue weighted by Gasteiger charge is 2.31. The quantitative estimate of drug-likeness (QED) is 0.589. The number of halogens is 1. The van der Waals surface area contributed by atoms with Crippen LogP contribution in [0.25, 0.3) is 6.08 Å². The largest absolute Gasteiger partial charge is 0.479 e. The van der Waals surface area contributed by atoms with Gasteiger partial charge in [-0.15, -0.1) is 0 Å². The Bertz CT molecular complexity index is 951. The maximum atomic E-state index is 12.5. The Kier molecular flexibility index (Phi) is 5.85. The molecular weight excluding hydrogens is 376 g/mol. The second kappa shape index (κ2) is 8.31. The number of nitrogens with zero attached hydrogens (tertiary/aromatic N) is 1. The molecule has 3 rings (SSSR count). The van der Waals surface area contributed by atoms with E-state index < -0.39 is 6.10 Å². The summed E-state index contributed by atoms with van der Waals surface area (Å²) in [5.74, 6) is 0.183. The fourth-order valence-corrected chi connectivity index (χ4v) is 2.97. The van der Waals surface area contributed by atoms with Crippen LogP contribution in [0.2, 0.25) is 5.02 Å². The van der Waals surface area contributed by atoms with Gasteiger partial charge in [0.2, 0.25) is 5.91 Å². The molecule has 0 spiro atoms. The number of nitrogens with one attached hydrogen (secondary N) is 1. The molecule has 2 aromatic rings. The smallest absolute Gasteiger partial charge is 0.268 e. The van der Waals surface area contributed by atoms with Gasteiger partial charge in [0.1, 0.15) is 5.75 Å². The number of anilines is 2. The minimum atomic E-state index is -0.561. The molecular formula is C22H21ClN2O3. The van der Waals surface area contributed by atoms with Gasteiger partial charge in [0.05, 0.1) is 5.69 Å². The van der Waals surface area contributed by atoms with Gasteiger partial charge in [-0.3, -0.25) is 9.59 Å². The molecule has 5 nitrogen and oxygen atoms in total. The fourth-order valence-electron chi connectivity index (χ4n) is 2.85. The Hall–Kier alpha value is -3.05. The van der Waals surface area contributed by atoms with Crippen LogP contribution < -0.4 is 15.0 Å². The molecule has 0 radical (unpaired) electrons. The molecule has 0 fully saturated rings. The molecule has 1 atom stereocenters. The summed E-state index contributed by atoms with van der Waals surface area (Å²) in [6.45, 7) is 7.86. The molecule has 1 aliphatic rings. The van der Waals surface area contributed by atoms with E-state index in [0.29, 0.717) is 28.7 Å². The minimum absolute atomic E-state index is 0.137. The molecule has 1 aliphatic heterocycles. The molecule has 1 unspecified atom stereocenters. The predicted molar refractivity (Wildman–Crippen MR) is 113 cm³/mol. The van der Waals surface area contributed by atoms with Gasteiger partial charge in [-0.1, -0.05) is 35.9 Å². The highest BCUT2D eigenvalue weighted by atomic mass is 35.5. The lowest BCUT2D eigenvalue weighted by atomic mass is 10.1. The third kappa shape index (κ3) is 4.61. The van der Waals surface area contributed by atoms with Crippen LogP contribution in [0.15, 0.2) is 60.7 Å². The maximum absolute atomic E-state index is 12.5. The lowest BCUT2D eigenvalue weighted by Gasteiger charge is -2.33. The van der Waals surface area contributed by atoms with Crippen molar-refractivity contribution < 1.29 is 14.3 Å². The summed E-state index contributed by atoms with van der Waals surface area (Å²) in [4.78, 5) is 26.4. The van der Waals surface area contributed by atoms with Crippen molar-refractivity contribution in [2.45, 2.75) is 20.0 Å². The number of rotatable bonds is 5. The number of ether oxygens (including phenoxy) is 1. The zero-order valence-electron chi connectivity index (χ0n) is 15.7.